The Balaban J connectivity index is 1.66. The summed E-state index contributed by atoms with van der Waals surface area (Å²) in [6.45, 7) is 1.39. The van der Waals surface area contributed by atoms with Gasteiger partial charge in [0.2, 0.25) is 17.7 Å². The number of hydrogen-bond donors (Lipinski definition) is 1. The molecule has 6 heteroatoms. The van der Waals surface area contributed by atoms with Gasteiger partial charge in [0.05, 0.1) is 0 Å². The van der Waals surface area contributed by atoms with Gasteiger partial charge in [-0.3, -0.25) is 19.3 Å². The van der Waals surface area contributed by atoms with Gasteiger partial charge in [-0.05, 0) is 12.1 Å². The van der Waals surface area contributed by atoms with Crippen molar-refractivity contribution in [1.82, 2.24) is 10.2 Å². The zero-order chi connectivity index (χ0) is 15.9. The van der Waals surface area contributed by atoms with E-state index in [1.165, 1.54) is 4.90 Å². The number of likely N-dealkylation sites (tertiary alicyclic amines) is 1. The van der Waals surface area contributed by atoms with Crippen LogP contribution in [0.15, 0.2) is 30.3 Å². The Morgan fingerprint density at radius 3 is 2.45 bits per heavy atom. The van der Waals surface area contributed by atoms with Crippen LogP contribution >= 0.6 is 0 Å². The molecule has 118 valence electrons. The summed E-state index contributed by atoms with van der Waals surface area (Å²) in [5.74, 6) is -0.503. The summed E-state index contributed by atoms with van der Waals surface area (Å²) in [5.41, 5.74) is 1.09. The number of nitrogens with zero attached hydrogens (tertiary/aromatic N) is 2. The van der Waals surface area contributed by atoms with E-state index in [0.29, 0.717) is 13.1 Å². The lowest BCUT2D eigenvalue weighted by atomic mass is 10.3. The topological polar surface area (TPSA) is 69.7 Å². The largest absolute Gasteiger partial charge is 0.373 e. The normalized spacial score (nSPS) is 14.3. The molecule has 0 radical (unpaired) electrons. The number of para-hydroxylation sites is 1. The molecule has 22 heavy (non-hydrogen) atoms. The van der Waals surface area contributed by atoms with E-state index in [9.17, 15) is 14.4 Å². The third-order valence-electron chi connectivity index (χ3n) is 3.68. The quantitative estimate of drug-likeness (QED) is 0.756. The lowest BCUT2D eigenvalue weighted by Gasteiger charge is -2.19. The van der Waals surface area contributed by atoms with Crippen LogP contribution in [0.5, 0.6) is 0 Å². The van der Waals surface area contributed by atoms with Gasteiger partial charge < -0.3 is 10.2 Å². The average molecular weight is 303 g/mol. The first-order valence-electron chi connectivity index (χ1n) is 7.44. The highest BCUT2D eigenvalue weighted by Gasteiger charge is 2.28. The molecule has 1 aliphatic heterocycles. The molecule has 1 heterocycles. The van der Waals surface area contributed by atoms with Crippen LogP contribution in [-0.4, -0.2) is 49.3 Å². The van der Waals surface area contributed by atoms with E-state index in [1.54, 1.807) is 0 Å². The fraction of sp³-hybridized carbons (Fsp3) is 0.438. The Kier molecular flexibility index (Phi) is 5.52. The van der Waals surface area contributed by atoms with Gasteiger partial charge in [0.1, 0.15) is 0 Å². The maximum absolute atomic E-state index is 11.8. The predicted molar refractivity (Wildman–Crippen MR) is 83.3 cm³/mol. The summed E-state index contributed by atoms with van der Waals surface area (Å²) in [6.07, 6.45) is 0.692. The van der Waals surface area contributed by atoms with Gasteiger partial charge >= 0.3 is 0 Å². The summed E-state index contributed by atoms with van der Waals surface area (Å²) in [4.78, 5) is 37.8. The summed E-state index contributed by atoms with van der Waals surface area (Å²) in [7, 11) is 1.96. The molecule has 1 aliphatic rings. The second kappa shape index (κ2) is 7.59. The van der Waals surface area contributed by atoms with E-state index in [4.69, 9.17) is 0 Å². The summed E-state index contributed by atoms with van der Waals surface area (Å²) in [6, 6.07) is 9.90. The number of rotatable bonds is 7. The van der Waals surface area contributed by atoms with E-state index >= 15 is 0 Å². The highest BCUT2D eigenvalue weighted by molar-refractivity contribution is 6.02. The first-order chi connectivity index (χ1) is 10.6. The summed E-state index contributed by atoms with van der Waals surface area (Å²) < 4.78 is 0. The van der Waals surface area contributed by atoms with Crippen molar-refractivity contribution in [2.24, 2.45) is 0 Å². The number of nitrogens with one attached hydrogen (secondary N) is 1. The lowest BCUT2D eigenvalue weighted by Crippen LogP contribution is -2.36. The smallest absolute Gasteiger partial charge is 0.229 e. The Labute approximate surface area is 130 Å². The maximum Gasteiger partial charge on any atom is 0.229 e. The molecule has 0 saturated carbocycles. The molecule has 1 saturated heterocycles. The fourth-order valence-corrected chi connectivity index (χ4v) is 2.35. The van der Waals surface area contributed by atoms with Crippen molar-refractivity contribution in [3.05, 3.63) is 30.3 Å². The molecule has 0 aromatic heterocycles. The second-order valence-corrected chi connectivity index (χ2v) is 5.30. The fourth-order valence-electron chi connectivity index (χ4n) is 2.35. The standard InChI is InChI=1S/C16H21N3O3/c1-18(13-5-3-2-4-6-13)12-10-17-14(20)9-11-19-15(21)7-8-16(19)22/h2-6H,7-12H2,1H3,(H,17,20). The van der Waals surface area contributed by atoms with Crippen molar-refractivity contribution < 1.29 is 14.4 Å². The molecule has 0 unspecified atom stereocenters. The number of carbonyl (C=O) groups excluding carboxylic acids is 3. The minimum Gasteiger partial charge on any atom is -0.373 e. The number of amides is 3. The van der Waals surface area contributed by atoms with Crippen LogP contribution in [0, 0.1) is 0 Å². The van der Waals surface area contributed by atoms with E-state index < -0.39 is 0 Å². The molecule has 1 aromatic rings. The molecule has 1 N–H and O–H groups in total. The van der Waals surface area contributed by atoms with Crippen molar-refractivity contribution in [1.29, 1.82) is 0 Å². The zero-order valence-corrected chi connectivity index (χ0v) is 12.7. The molecule has 0 aliphatic carbocycles. The van der Waals surface area contributed by atoms with Crippen LogP contribution in [0.2, 0.25) is 0 Å². The van der Waals surface area contributed by atoms with Crippen molar-refractivity contribution in [2.75, 3.05) is 31.6 Å². The predicted octanol–water partition coefficient (Wildman–Crippen LogP) is 0.778. The minimum atomic E-state index is -0.179. The van der Waals surface area contributed by atoms with Crippen LogP contribution in [-0.2, 0) is 14.4 Å². The monoisotopic (exact) mass is 303 g/mol. The van der Waals surface area contributed by atoms with Gasteiger partial charge in [0, 0.05) is 51.6 Å². The van der Waals surface area contributed by atoms with Crippen LogP contribution in [0.25, 0.3) is 0 Å². The molecule has 1 aromatic carbocycles. The van der Waals surface area contributed by atoms with Gasteiger partial charge in [0.15, 0.2) is 0 Å². The first kappa shape index (κ1) is 16.0. The molecular formula is C16H21N3O3. The van der Waals surface area contributed by atoms with Crippen LogP contribution in [0.4, 0.5) is 5.69 Å². The summed E-state index contributed by atoms with van der Waals surface area (Å²) >= 11 is 0. The Morgan fingerprint density at radius 1 is 1.18 bits per heavy atom. The number of hydrogen-bond acceptors (Lipinski definition) is 4. The van der Waals surface area contributed by atoms with E-state index in [2.05, 4.69) is 5.32 Å². The van der Waals surface area contributed by atoms with E-state index in [-0.39, 0.29) is 43.5 Å². The van der Waals surface area contributed by atoms with Gasteiger partial charge in [-0.15, -0.1) is 0 Å². The van der Waals surface area contributed by atoms with Crippen LogP contribution in [0.1, 0.15) is 19.3 Å². The average Bonchev–Trinajstić information content (AvgIpc) is 2.84. The van der Waals surface area contributed by atoms with Gasteiger partial charge in [-0.2, -0.15) is 0 Å². The minimum absolute atomic E-state index is 0.144. The van der Waals surface area contributed by atoms with E-state index in [1.807, 2.05) is 42.3 Å². The van der Waals surface area contributed by atoms with Crippen molar-refractivity contribution >= 4 is 23.4 Å². The number of benzene rings is 1. The molecule has 6 nitrogen and oxygen atoms in total. The Hall–Kier alpha value is -2.37. The highest BCUT2D eigenvalue weighted by Crippen LogP contribution is 2.12. The number of likely N-dealkylation sites (N-methyl/N-ethyl adjacent to an activating group) is 1. The van der Waals surface area contributed by atoms with Crippen molar-refractivity contribution in [2.45, 2.75) is 19.3 Å². The van der Waals surface area contributed by atoms with Crippen molar-refractivity contribution in [3.63, 3.8) is 0 Å². The third kappa shape index (κ3) is 4.31. The molecule has 1 fully saturated rings. The maximum atomic E-state index is 11.8. The number of imide groups is 1. The number of carbonyl (C=O) groups is 3. The van der Waals surface area contributed by atoms with Crippen molar-refractivity contribution in [3.8, 4) is 0 Å². The van der Waals surface area contributed by atoms with Gasteiger partial charge in [0.25, 0.3) is 0 Å². The molecule has 2 rings (SSSR count). The first-order valence-corrected chi connectivity index (χ1v) is 7.44. The van der Waals surface area contributed by atoms with E-state index in [0.717, 1.165) is 5.69 Å². The Morgan fingerprint density at radius 2 is 1.82 bits per heavy atom. The van der Waals surface area contributed by atoms with Crippen LogP contribution in [0.3, 0.4) is 0 Å². The molecule has 0 atom stereocenters. The lowest BCUT2D eigenvalue weighted by molar-refractivity contribution is -0.138. The second-order valence-electron chi connectivity index (χ2n) is 5.30. The van der Waals surface area contributed by atoms with Gasteiger partial charge in [-0.25, -0.2) is 0 Å². The summed E-state index contributed by atoms with van der Waals surface area (Å²) in [5, 5.41) is 2.81. The van der Waals surface area contributed by atoms with Gasteiger partial charge in [-0.1, -0.05) is 18.2 Å². The zero-order valence-electron chi connectivity index (χ0n) is 12.7. The molecule has 0 spiro atoms. The third-order valence-corrected chi connectivity index (χ3v) is 3.68. The number of anilines is 1. The highest BCUT2D eigenvalue weighted by atomic mass is 16.2. The SMILES string of the molecule is CN(CCNC(=O)CCN1C(=O)CCC1=O)c1ccccc1. The van der Waals surface area contributed by atoms with Crippen LogP contribution < -0.4 is 10.2 Å². The molecular weight excluding hydrogens is 282 g/mol. The Bertz CT molecular complexity index is 529. The molecule has 3 amide bonds. The molecule has 0 bridgehead atoms.